The minimum atomic E-state index is -3.39. The molecule has 19 heavy (non-hydrogen) atoms. The number of hydrogen-bond donors (Lipinski definition) is 2. The van der Waals surface area contributed by atoms with Gasteiger partial charge in [-0.2, -0.15) is 11.8 Å². The van der Waals surface area contributed by atoms with Crippen molar-refractivity contribution in [1.29, 1.82) is 0 Å². The van der Waals surface area contributed by atoms with E-state index in [1.54, 1.807) is 36.0 Å². The second-order valence-electron chi connectivity index (χ2n) is 4.22. The van der Waals surface area contributed by atoms with Crippen LogP contribution in [0.4, 0.5) is 0 Å². The van der Waals surface area contributed by atoms with Crippen molar-refractivity contribution in [2.24, 2.45) is 0 Å². The molecule has 2 N–H and O–H groups in total. The van der Waals surface area contributed by atoms with Crippen LogP contribution >= 0.6 is 11.8 Å². The van der Waals surface area contributed by atoms with E-state index < -0.39 is 10.0 Å². The van der Waals surface area contributed by atoms with Crippen LogP contribution < -0.4 is 4.72 Å². The molecule has 0 heterocycles. The van der Waals surface area contributed by atoms with E-state index in [-0.39, 0.29) is 6.61 Å². The first kappa shape index (κ1) is 16.5. The zero-order valence-electron chi connectivity index (χ0n) is 11.1. The van der Waals surface area contributed by atoms with Crippen molar-refractivity contribution in [1.82, 2.24) is 4.72 Å². The van der Waals surface area contributed by atoms with Gasteiger partial charge in [-0.1, -0.05) is 12.1 Å². The molecule has 108 valence electrons. The maximum Gasteiger partial charge on any atom is 0.240 e. The summed E-state index contributed by atoms with van der Waals surface area (Å²) in [5.74, 6) is 0.947. The van der Waals surface area contributed by atoms with E-state index in [1.807, 2.05) is 6.26 Å². The van der Waals surface area contributed by atoms with Crippen molar-refractivity contribution < 1.29 is 13.5 Å². The molecule has 0 aliphatic carbocycles. The van der Waals surface area contributed by atoms with Crippen molar-refractivity contribution in [2.45, 2.75) is 24.2 Å². The Bertz CT molecular complexity index is 457. The molecule has 0 aromatic heterocycles. The van der Waals surface area contributed by atoms with Crippen molar-refractivity contribution in [2.75, 3.05) is 25.2 Å². The fraction of sp³-hybridized carbons (Fsp3) is 0.538. The maximum atomic E-state index is 12.0. The van der Waals surface area contributed by atoms with E-state index in [1.165, 1.54) is 0 Å². The summed E-state index contributed by atoms with van der Waals surface area (Å²) in [5.41, 5.74) is 1.04. The number of aliphatic hydroxyl groups excluding tert-OH is 1. The molecule has 0 bridgehead atoms. The van der Waals surface area contributed by atoms with Gasteiger partial charge in [-0.15, -0.1) is 0 Å². The number of thioether (sulfide) groups is 1. The van der Waals surface area contributed by atoms with Gasteiger partial charge in [0.25, 0.3) is 0 Å². The van der Waals surface area contributed by atoms with Crippen molar-refractivity contribution >= 4 is 21.8 Å². The Morgan fingerprint density at radius 1 is 1.21 bits per heavy atom. The largest absolute Gasteiger partial charge is 0.396 e. The molecule has 0 atom stereocenters. The smallest absolute Gasteiger partial charge is 0.240 e. The molecule has 0 spiro atoms. The van der Waals surface area contributed by atoms with Crippen LogP contribution in [-0.2, 0) is 16.4 Å². The van der Waals surface area contributed by atoms with Crippen LogP contribution in [0, 0.1) is 0 Å². The highest BCUT2D eigenvalue weighted by molar-refractivity contribution is 7.98. The first-order valence-corrected chi connectivity index (χ1v) is 9.16. The average molecular weight is 303 g/mol. The Kier molecular flexibility index (Phi) is 7.45. The molecule has 0 saturated heterocycles. The molecule has 0 fully saturated rings. The van der Waals surface area contributed by atoms with Crippen LogP contribution in [0.5, 0.6) is 0 Å². The highest BCUT2D eigenvalue weighted by Gasteiger charge is 2.12. The molecular weight excluding hydrogens is 282 g/mol. The number of hydrogen-bond acceptors (Lipinski definition) is 4. The Balaban J connectivity index is 2.58. The summed E-state index contributed by atoms with van der Waals surface area (Å²) in [6.45, 7) is 0.618. The van der Waals surface area contributed by atoms with Crippen LogP contribution in [0.15, 0.2) is 29.2 Å². The van der Waals surface area contributed by atoms with Crippen molar-refractivity contribution in [3.8, 4) is 0 Å². The number of aliphatic hydroxyl groups is 1. The van der Waals surface area contributed by atoms with Gasteiger partial charge in [0.1, 0.15) is 0 Å². The number of aryl methyl sites for hydroxylation is 1. The fourth-order valence-electron chi connectivity index (χ4n) is 1.62. The summed E-state index contributed by atoms with van der Waals surface area (Å²) in [7, 11) is -3.39. The van der Waals surface area contributed by atoms with Gasteiger partial charge in [0.05, 0.1) is 4.90 Å². The molecule has 0 amide bonds. The molecule has 1 aromatic rings. The van der Waals surface area contributed by atoms with Gasteiger partial charge >= 0.3 is 0 Å². The van der Waals surface area contributed by atoms with E-state index in [2.05, 4.69) is 4.72 Å². The predicted octanol–water partition coefficient (Wildman–Crippen LogP) is 1.64. The van der Waals surface area contributed by atoms with Gasteiger partial charge in [0.15, 0.2) is 0 Å². The maximum absolute atomic E-state index is 12.0. The van der Waals surface area contributed by atoms with Crippen molar-refractivity contribution in [3.05, 3.63) is 29.8 Å². The molecule has 0 aliphatic rings. The zero-order valence-corrected chi connectivity index (χ0v) is 12.8. The zero-order chi connectivity index (χ0) is 14.1. The summed E-state index contributed by atoms with van der Waals surface area (Å²) in [5, 5.41) is 8.74. The highest BCUT2D eigenvalue weighted by atomic mass is 32.2. The standard InChI is InChI=1S/C13H21NO3S2/c1-18-11-3-9-14-19(16,17)13-7-5-12(6-8-13)4-2-10-15/h5-8,14-15H,2-4,9-11H2,1H3. The quantitative estimate of drug-likeness (QED) is 0.681. The third kappa shape index (κ3) is 5.95. The molecule has 4 nitrogen and oxygen atoms in total. The normalized spacial score (nSPS) is 11.7. The summed E-state index contributed by atoms with van der Waals surface area (Å²) in [6, 6.07) is 6.82. The molecule has 6 heteroatoms. The van der Waals surface area contributed by atoms with Gasteiger partial charge in [-0.05, 0) is 49.0 Å². The molecule has 0 radical (unpaired) electrons. The van der Waals surface area contributed by atoms with Gasteiger partial charge in [0, 0.05) is 13.2 Å². The van der Waals surface area contributed by atoms with Gasteiger partial charge in [-0.25, -0.2) is 13.1 Å². The fourth-order valence-corrected chi connectivity index (χ4v) is 3.13. The minimum absolute atomic E-state index is 0.150. The third-order valence-electron chi connectivity index (χ3n) is 2.67. The van der Waals surface area contributed by atoms with E-state index in [0.29, 0.717) is 17.9 Å². The first-order valence-electron chi connectivity index (χ1n) is 6.28. The van der Waals surface area contributed by atoms with Crippen LogP contribution in [0.1, 0.15) is 18.4 Å². The second kappa shape index (κ2) is 8.58. The number of rotatable bonds is 9. The first-order chi connectivity index (χ1) is 9.10. The third-order valence-corrected chi connectivity index (χ3v) is 4.85. The Hall–Kier alpha value is -0.560. The van der Waals surface area contributed by atoms with Gasteiger partial charge in [0.2, 0.25) is 10.0 Å². The summed E-state index contributed by atoms with van der Waals surface area (Å²) in [6.07, 6.45) is 4.28. The summed E-state index contributed by atoms with van der Waals surface area (Å²) >= 11 is 1.70. The number of benzene rings is 1. The lowest BCUT2D eigenvalue weighted by Gasteiger charge is -2.07. The Morgan fingerprint density at radius 2 is 1.89 bits per heavy atom. The summed E-state index contributed by atoms with van der Waals surface area (Å²) in [4.78, 5) is 0.296. The Morgan fingerprint density at radius 3 is 2.47 bits per heavy atom. The molecule has 0 aliphatic heterocycles. The van der Waals surface area contributed by atoms with Crippen molar-refractivity contribution in [3.63, 3.8) is 0 Å². The molecular formula is C13H21NO3S2. The molecule has 1 rings (SSSR count). The van der Waals surface area contributed by atoms with E-state index >= 15 is 0 Å². The number of sulfonamides is 1. The molecule has 0 unspecified atom stereocenters. The van der Waals surface area contributed by atoms with E-state index in [9.17, 15) is 8.42 Å². The topological polar surface area (TPSA) is 66.4 Å². The molecule has 1 aromatic carbocycles. The average Bonchev–Trinajstić information content (AvgIpc) is 2.42. The monoisotopic (exact) mass is 303 g/mol. The predicted molar refractivity (Wildman–Crippen MR) is 80.0 cm³/mol. The van der Waals surface area contributed by atoms with Crippen LogP contribution in [0.25, 0.3) is 0 Å². The number of nitrogens with one attached hydrogen (secondary N) is 1. The minimum Gasteiger partial charge on any atom is -0.396 e. The lowest BCUT2D eigenvalue weighted by molar-refractivity contribution is 0.288. The summed E-state index contributed by atoms with van der Waals surface area (Å²) < 4.78 is 26.5. The van der Waals surface area contributed by atoms with E-state index in [4.69, 9.17) is 5.11 Å². The highest BCUT2D eigenvalue weighted by Crippen LogP contribution is 2.11. The lowest BCUT2D eigenvalue weighted by Crippen LogP contribution is -2.25. The van der Waals surface area contributed by atoms with Crippen LogP contribution in [-0.4, -0.2) is 38.7 Å². The van der Waals surface area contributed by atoms with Gasteiger partial charge < -0.3 is 5.11 Å². The van der Waals surface area contributed by atoms with Crippen LogP contribution in [0.2, 0.25) is 0 Å². The molecule has 0 saturated carbocycles. The lowest BCUT2D eigenvalue weighted by atomic mass is 10.1. The SMILES string of the molecule is CSCCCNS(=O)(=O)c1ccc(CCCO)cc1. The van der Waals surface area contributed by atoms with E-state index in [0.717, 1.165) is 24.2 Å². The van der Waals surface area contributed by atoms with Crippen LogP contribution in [0.3, 0.4) is 0 Å². The van der Waals surface area contributed by atoms with Gasteiger partial charge in [-0.3, -0.25) is 0 Å². The Labute approximate surface area is 119 Å². The second-order valence-corrected chi connectivity index (χ2v) is 6.97.